The molecule has 0 aromatic rings. The predicted octanol–water partition coefficient (Wildman–Crippen LogP) is 2.68. The maximum absolute atomic E-state index is 11.5. The van der Waals surface area contributed by atoms with Crippen LogP contribution in [0.25, 0.3) is 0 Å². The summed E-state index contributed by atoms with van der Waals surface area (Å²) in [6.45, 7) is -0.0257. The Balaban J connectivity index is 2.80. The van der Waals surface area contributed by atoms with Gasteiger partial charge in [-0.2, -0.15) is 0 Å². The van der Waals surface area contributed by atoms with Crippen molar-refractivity contribution < 1.29 is 13.5 Å². The monoisotopic (exact) mass is 186 g/mol. The molecule has 0 saturated carbocycles. The Hall–Kier alpha value is 0.110. The minimum absolute atomic E-state index is 0.418. The zero-order valence-corrected chi connectivity index (χ0v) is 7.12. The molecule has 0 rings (SSSR count). The molecule has 0 aliphatic heterocycles. The van der Waals surface area contributed by atoms with E-state index < -0.39 is 13.0 Å². The molecule has 0 aromatic carbocycles. The van der Waals surface area contributed by atoms with Gasteiger partial charge in [-0.25, -0.2) is 8.78 Å². The molecule has 0 aromatic heterocycles. The van der Waals surface area contributed by atoms with E-state index in [9.17, 15) is 8.78 Å². The molecule has 0 atom stereocenters. The number of unbranched alkanes of at least 4 members (excludes halogenated alkanes) is 2. The highest BCUT2D eigenvalue weighted by atomic mass is 35.5. The van der Waals surface area contributed by atoms with Crippen LogP contribution in [0.15, 0.2) is 0 Å². The Kier molecular flexibility index (Phi) is 8.29. The lowest BCUT2D eigenvalue weighted by atomic mass is 10.3. The third-order valence-electron chi connectivity index (χ3n) is 1.17. The molecule has 1 nitrogen and oxygen atoms in total. The minimum Gasteiger partial charge on any atom is -0.376 e. The smallest absolute Gasteiger partial charge is 0.261 e. The van der Waals surface area contributed by atoms with Crippen LogP contribution in [0.1, 0.15) is 19.3 Å². The van der Waals surface area contributed by atoms with E-state index in [1.165, 1.54) is 0 Å². The van der Waals surface area contributed by atoms with Crippen LogP contribution in [0.3, 0.4) is 0 Å². The van der Waals surface area contributed by atoms with Crippen molar-refractivity contribution in [3.8, 4) is 0 Å². The molecule has 0 N–H and O–H groups in total. The van der Waals surface area contributed by atoms with Gasteiger partial charge in [0.1, 0.15) is 6.61 Å². The topological polar surface area (TPSA) is 9.23 Å². The van der Waals surface area contributed by atoms with Crippen LogP contribution < -0.4 is 0 Å². The number of hydrogen-bond acceptors (Lipinski definition) is 1. The molecule has 0 fully saturated rings. The Morgan fingerprint density at radius 2 is 1.91 bits per heavy atom. The van der Waals surface area contributed by atoms with Crippen LogP contribution in [0, 0.1) is 0 Å². The predicted molar refractivity (Wildman–Crippen MR) is 41.4 cm³/mol. The standard InChI is InChI=1S/C7H13ClF2O/c8-4-2-1-3-5-11-6-7(9)10/h7H,1-6H2. The van der Waals surface area contributed by atoms with Gasteiger partial charge in [0.2, 0.25) is 0 Å². The van der Waals surface area contributed by atoms with Crippen LogP contribution in [0.2, 0.25) is 0 Å². The van der Waals surface area contributed by atoms with Crippen molar-refractivity contribution in [1.82, 2.24) is 0 Å². The fourth-order valence-corrected chi connectivity index (χ4v) is 0.837. The molecule has 11 heavy (non-hydrogen) atoms. The molecule has 0 unspecified atom stereocenters. The first-order valence-corrected chi connectivity index (χ1v) is 4.22. The summed E-state index contributed by atoms with van der Waals surface area (Å²) in [5.74, 6) is 0.634. The highest BCUT2D eigenvalue weighted by Crippen LogP contribution is 1.99. The molecule has 0 radical (unpaired) electrons. The Morgan fingerprint density at radius 3 is 2.45 bits per heavy atom. The van der Waals surface area contributed by atoms with Gasteiger partial charge in [0.05, 0.1) is 0 Å². The van der Waals surface area contributed by atoms with E-state index in [1.807, 2.05) is 0 Å². The normalized spacial score (nSPS) is 10.9. The van der Waals surface area contributed by atoms with Gasteiger partial charge in [-0.05, 0) is 19.3 Å². The fourth-order valence-electron chi connectivity index (χ4n) is 0.648. The summed E-state index contributed by atoms with van der Waals surface area (Å²) < 4.78 is 27.6. The highest BCUT2D eigenvalue weighted by molar-refractivity contribution is 6.17. The molecule has 4 heteroatoms. The second kappa shape index (κ2) is 8.21. The third-order valence-corrected chi connectivity index (χ3v) is 1.43. The lowest BCUT2D eigenvalue weighted by Crippen LogP contribution is -2.05. The Bertz CT molecular complexity index is 80.8. The molecule has 0 aliphatic rings. The van der Waals surface area contributed by atoms with Gasteiger partial charge in [0, 0.05) is 12.5 Å². The average Bonchev–Trinajstić information content (AvgIpc) is 1.96. The van der Waals surface area contributed by atoms with Crippen LogP contribution >= 0.6 is 11.6 Å². The van der Waals surface area contributed by atoms with Crippen molar-refractivity contribution >= 4 is 11.6 Å². The summed E-state index contributed by atoms with van der Waals surface area (Å²) in [7, 11) is 0. The van der Waals surface area contributed by atoms with Crippen molar-refractivity contribution in [2.75, 3.05) is 19.1 Å². The SMILES string of the molecule is FC(F)COCCCCCCl. The van der Waals surface area contributed by atoms with Crippen LogP contribution in [-0.4, -0.2) is 25.5 Å². The van der Waals surface area contributed by atoms with Crippen LogP contribution in [-0.2, 0) is 4.74 Å². The number of hydrogen-bond donors (Lipinski definition) is 0. The molecule has 0 spiro atoms. The molecule has 0 aliphatic carbocycles. The maximum Gasteiger partial charge on any atom is 0.261 e. The zero-order valence-electron chi connectivity index (χ0n) is 6.36. The van der Waals surface area contributed by atoms with E-state index >= 15 is 0 Å². The molecular formula is C7H13ClF2O. The summed E-state index contributed by atoms with van der Waals surface area (Å²) in [6, 6.07) is 0. The zero-order chi connectivity index (χ0) is 8.53. The summed E-state index contributed by atoms with van der Waals surface area (Å²) in [5, 5.41) is 0. The number of halogens is 3. The van der Waals surface area contributed by atoms with Crippen molar-refractivity contribution in [3.63, 3.8) is 0 Å². The first-order valence-electron chi connectivity index (χ1n) is 3.69. The number of ether oxygens (including phenoxy) is 1. The van der Waals surface area contributed by atoms with E-state index in [4.69, 9.17) is 11.6 Å². The molecule has 0 amide bonds. The van der Waals surface area contributed by atoms with Crippen molar-refractivity contribution in [3.05, 3.63) is 0 Å². The van der Waals surface area contributed by atoms with Gasteiger partial charge in [-0.3, -0.25) is 0 Å². The van der Waals surface area contributed by atoms with Gasteiger partial charge < -0.3 is 4.74 Å². The number of rotatable bonds is 7. The summed E-state index contributed by atoms with van der Waals surface area (Å²) >= 11 is 5.40. The lowest BCUT2D eigenvalue weighted by molar-refractivity contribution is 0.0163. The molecular weight excluding hydrogens is 174 g/mol. The lowest BCUT2D eigenvalue weighted by Gasteiger charge is -2.01. The van der Waals surface area contributed by atoms with E-state index in [0.29, 0.717) is 12.5 Å². The van der Waals surface area contributed by atoms with Crippen molar-refractivity contribution in [2.24, 2.45) is 0 Å². The van der Waals surface area contributed by atoms with E-state index in [0.717, 1.165) is 19.3 Å². The fraction of sp³-hybridized carbons (Fsp3) is 1.00. The second-order valence-corrected chi connectivity index (χ2v) is 2.59. The molecule has 68 valence electrons. The van der Waals surface area contributed by atoms with Gasteiger partial charge in [-0.1, -0.05) is 0 Å². The van der Waals surface area contributed by atoms with E-state index in [2.05, 4.69) is 4.74 Å². The molecule has 0 saturated heterocycles. The van der Waals surface area contributed by atoms with E-state index in [1.54, 1.807) is 0 Å². The van der Waals surface area contributed by atoms with E-state index in [-0.39, 0.29) is 0 Å². The minimum atomic E-state index is -2.34. The Morgan fingerprint density at radius 1 is 1.18 bits per heavy atom. The average molecular weight is 187 g/mol. The largest absolute Gasteiger partial charge is 0.376 e. The number of alkyl halides is 3. The first kappa shape index (κ1) is 11.1. The van der Waals surface area contributed by atoms with Crippen molar-refractivity contribution in [1.29, 1.82) is 0 Å². The summed E-state index contributed by atoms with van der Waals surface area (Å²) in [4.78, 5) is 0. The van der Waals surface area contributed by atoms with Gasteiger partial charge >= 0.3 is 0 Å². The van der Waals surface area contributed by atoms with Gasteiger partial charge in [-0.15, -0.1) is 11.6 Å². The van der Waals surface area contributed by atoms with Crippen LogP contribution in [0.4, 0.5) is 8.78 Å². The van der Waals surface area contributed by atoms with Gasteiger partial charge in [0.15, 0.2) is 0 Å². The van der Waals surface area contributed by atoms with Crippen LogP contribution in [0.5, 0.6) is 0 Å². The molecule has 0 bridgehead atoms. The highest BCUT2D eigenvalue weighted by Gasteiger charge is 2.00. The molecule has 0 heterocycles. The Labute approximate surface area is 70.7 Å². The first-order chi connectivity index (χ1) is 5.27. The van der Waals surface area contributed by atoms with Crippen molar-refractivity contribution in [2.45, 2.75) is 25.7 Å². The third kappa shape index (κ3) is 10.1. The summed E-state index contributed by atoms with van der Waals surface area (Å²) in [5.41, 5.74) is 0. The quantitative estimate of drug-likeness (QED) is 0.439. The second-order valence-electron chi connectivity index (χ2n) is 2.22. The maximum atomic E-state index is 11.5. The summed E-state index contributed by atoms with van der Waals surface area (Å²) in [6.07, 6.45) is 0.356. The van der Waals surface area contributed by atoms with Gasteiger partial charge in [0.25, 0.3) is 6.43 Å².